The largest absolute Gasteiger partial charge is 0.466 e. The number of hydrogen-bond donors (Lipinski definition) is 4. The number of hydrogen-bond acceptors (Lipinski definition) is 5. The molecular formula is C11H16N4O4. The lowest BCUT2D eigenvalue weighted by molar-refractivity contribution is -0.142. The molecule has 0 saturated carbocycles. The first-order valence-electron chi connectivity index (χ1n) is 5.35. The van der Waals surface area contributed by atoms with E-state index in [4.69, 9.17) is 26.0 Å². The third kappa shape index (κ3) is 8.13. The third-order valence-corrected chi connectivity index (χ3v) is 1.86. The first kappa shape index (κ1) is 16.4. The van der Waals surface area contributed by atoms with Gasteiger partial charge >= 0.3 is 5.97 Å². The fraction of sp³-hybridized carbons (Fsp3) is 0.273. The maximum atomic E-state index is 11.2. The predicted octanol–water partition coefficient (Wildman–Crippen LogP) is 1.24. The minimum Gasteiger partial charge on any atom is -0.466 e. The number of anilines is 1. The summed E-state index contributed by atoms with van der Waals surface area (Å²) >= 11 is 0. The molecule has 0 unspecified atom stereocenters. The summed E-state index contributed by atoms with van der Waals surface area (Å²) in [4.78, 5) is 19.3. The minimum absolute atomic E-state index is 0.131. The number of benzene rings is 1. The van der Waals surface area contributed by atoms with Crippen molar-refractivity contribution < 1.29 is 14.7 Å². The zero-order valence-electron chi connectivity index (χ0n) is 10.4. The van der Waals surface area contributed by atoms with Crippen molar-refractivity contribution in [3.8, 4) is 0 Å². The first-order chi connectivity index (χ1) is 9.03. The van der Waals surface area contributed by atoms with Crippen molar-refractivity contribution >= 4 is 17.6 Å². The van der Waals surface area contributed by atoms with E-state index in [0.717, 1.165) is 5.56 Å². The van der Waals surface area contributed by atoms with E-state index in [2.05, 4.69) is 5.32 Å². The highest BCUT2D eigenvalue weighted by Crippen LogP contribution is 2.11. The number of carbonyl (C=O) groups excluding carboxylic acids is 1. The average Bonchev–Trinajstić information content (AvgIpc) is 2.29. The number of ether oxygens (including phenoxy) is 1. The average molecular weight is 268 g/mol. The maximum absolute atomic E-state index is 11.2. The van der Waals surface area contributed by atoms with Gasteiger partial charge in [-0.15, -0.1) is 4.91 Å². The molecule has 0 aliphatic rings. The molecule has 1 aromatic rings. The van der Waals surface area contributed by atoms with Crippen molar-refractivity contribution in [1.29, 1.82) is 5.41 Å². The lowest BCUT2D eigenvalue weighted by atomic mass is 10.1. The van der Waals surface area contributed by atoms with Gasteiger partial charge < -0.3 is 21.0 Å². The monoisotopic (exact) mass is 268 g/mol. The Hall–Kier alpha value is -2.64. The van der Waals surface area contributed by atoms with E-state index in [1.165, 1.54) is 5.34 Å². The Morgan fingerprint density at radius 3 is 2.74 bits per heavy atom. The van der Waals surface area contributed by atoms with E-state index in [-0.39, 0.29) is 18.3 Å². The first-order valence-corrected chi connectivity index (χ1v) is 5.35. The number of guanidine groups is 1. The second kappa shape index (κ2) is 9.40. The van der Waals surface area contributed by atoms with Crippen LogP contribution in [0.25, 0.3) is 0 Å². The molecule has 0 saturated heterocycles. The number of nitrogens with one attached hydrogen (secondary N) is 2. The van der Waals surface area contributed by atoms with Gasteiger partial charge in [0.1, 0.15) is 0 Å². The maximum Gasteiger partial charge on any atom is 0.310 e. The molecule has 0 heterocycles. The highest BCUT2D eigenvalue weighted by molar-refractivity contribution is 5.89. The van der Waals surface area contributed by atoms with Crippen LogP contribution in [-0.4, -0.2) is 23.7 Å². The van der Waals surface area contributed by atoms with Gasteiger partial charge in [-0.05, 0) is 24.6 Å². The Morgan fingerprint density at radius 2 is 2.21 bits per heavy atom. The van der Waals surface area contributed by atoms with Crippen LogP contribution in [-0.2, 0) is 16.0 Å². The van der Waals surface area contributed by atoms with Crippen molar-refractivity contribution in [3.05, 3.63) is 34.7 Å². The highest BCUT2D eigenvalue weighted by atomic mass is 16.6. The van der Waals surface area contributed by atoms with E-state index in [0.29, 0.717) is 12.3 Å². The normalized spacial score (nSPS) is 8.68. The van der Waals surface area contributed by atoms with Gasteiger partial charge in [0.25, 0.3) is 0 Å². The van der Waals surface area contributed by atoms with E-state index >= 15 is 0 Å². The van der Waals surface area contributed by atoms with Gasteiger partial charge in [0, 0.05) is 5.69 Å². The highest BCUT2D eigenvalue weighted by Gasteiger charge is 2.04. The van der Waals surface area contributed by atoms with Crippen LogP contribution < -0.4 is 11.1 Å². The molecule has 1 aromatic carbocycles. The molecule has 0 aliphatic heterocycles. The summed E-state index contributed by atoms with van der Waals surface area (Å²) in [5, 5.41) is 17.6. The molecule has 0 fully saturated rings. The van der Waals surface area contributed by atoms with Crippen LogP contribution >= 0.6 is 0 Å². The van der Waals surface area contributed by atoms with Crippen molar-refractivity contribution in [3.63, 3.8) is 0 Å². The molecule has 0 amide bonds. The third-order valence-electron chi connectivity index (χ3n) is 1.86. The molecule has 0 radical (unpaired) electrons. The van der Waals surface area contributed by atoms with E-state index in [1.807, 2.05) is 6.07 Å². The molecule has 8 heteroatoms. The van der Waals surface area contributed by atoms with Crippen LogP contribution in [0.15, 0.2) is 29.6 Å². The standard InChI is InChI=1S/C11H15N3O2.HNO2/c1-2-16-10(15)7-8-4-3-5-9(6-8)14-11(12)13;2-1-3/h3-6H,2,7H2,1H3,(H4,12,13,14);(H,2,3). The van der Waals surface area contributed by atoms with Crippen molar-refractivity contribution in [2.75, 3.05) is 11.9 Å². The van der Waals surface area contributed by atoms with Gasteiger partial charge in [-0.2, -0.15) is 0 Å². The molecule has 8 nitrogen and oxygen atoms in total. The van der Waals surface area contributed by atoms with Crippen LogP contribution in [0.3, 0.4) is 0 Å². The Kier molecular flexibility index (Phi) is 8.09. The molecule has 0 atom stereocenters. The topological polar surface area (TPSA) is 138 Å². The number of nitrogens with two attached hydrogens (primary N) is 1. The van der Waals surface area contributed by atoms with Gasteiger partial charge in [0.2, 0.25) is 0 Å². The molecule has 0 spiro atoms. The van der Waals surface area contributed by atoms with Gasteiger partial charge in [0.05, 0.1) is 13.0 Å². The molecule has 0 bridgehead atoms. The Balaban J connectivity index is 0.000000982. The molecular weight excluding hydrogens is 252 g/mol. The lowest BCUT2D eigenvalue weighted by Crippen LogP contribution is -2.20. The zero-order chi connectivity index (χ0) is 14.7. The van der Waals surface area contributed by atoms with Gasteiger partial charge in [0.15, 0.2) is 11.3 Å². The second-order valence-corrected chi connectivity index (χ2v) is 3.30. The molecule has 1 rings (SSSR count). The number of nitrogens with zero attached hydrogens (tertiary/aromatic N) is 1. The molecule has 104 valence electrons. The summed E-state index contributed by atoms with van der Waals surface area (Å²) in [5.74, 6) is -0.393. The smallest absolute Gasteiger partial charge is 0.310 e. The van der Waals surface area contributed by atoms with Crippen LogP contribution in [0.2, 0.25) is 0 Å². The van der Waals surface area contributed by atoms with Crippen LogP contribution in [0, 0.1) is 10.3 Å². The van der Waals surface area contributed by atoms with Crippen molar-refractivity contribution in [1.82, 2.24) is 0 Å². The predicted molar refractivity (Wildman–Crippen MR) is 69.9 cm³/mol. The van der Waals surface area contributed by atoms with Gasteiger partial charge in [-0.3, -0.25) is 10.2 Å². The Labute approximate surface area is 110 Å². The fourth-order valence-corrected chi connectivity index (χ4v) is 1.29. The molecule has 19 heavy (non-hydrogen) atoms. The number of carbonyl (C=O) groups is 1. The quantitative estimate of drug-likeness (QED) is 0.213. The summed E-state index contributed by atoms with van der Waals surface area (Å²) in [6, 6.07) is 7.15. The van der Waals surface area contributed by atoms with Gasteiger partial charge in [-0.1, -0.05) is 12.1 Å². The molecule has 5 N–H and O–H groups in total. The SMILES string of the molecule is CCOC(=O)Cc1cccc(NC(=N)N)c1.O=NO. The summed E-state index contributed by atoms with van der Waals surface area (Å²) in [5.41, 5.74) is 6.72. The Morgan fingerprint density at radius 1 is 1.58 bits per heavy atom. The summed E-state index contributed by atoms with van der Waals surface area (Å²) < 4.78 is 4.84. The molecule has 0 aliphatic carbocycles. The number of rotatable bonds is 4. The van der Waals surface area contributed by atoms with Gasteiger partial charge in [-0.25, -0.2) is 0 Å². The van der Waals surface area contributed by atoms with Crippen molar-refractivity contribution in [2.24, 2.45) is 11.1 Å². The fourth-order valence-electron chi connectivity index (χ4n) is 1.29. The van der Waals surface area contributed by atoms with Crippen LogP contribution in [0.4, 0.5) is 5.69 Å². The Bertz CT molecular complexity index is 436. The number of esters is 1. The zero-order valence-corrected chi connectivity index (χ0v) is 10.4. The van der Waals surface area contributed by atoms with Crippen LogP contribution in [0.1, 0.15) is 12.5 Å². The summed E-state index contributed by atoms with van der Waals surface area (Å²) in [7, 11) is 0. The minimum atomic E-state index is -0.262. The van der Waals surface area contributed by atoms with E-state index in [9.17, 15) is 4.79 Å². The molecule has 0 aromatic heterocycles. The van der Waals surface area contributed by atoms with Crippen molar-refractivity contribution in [2.45, 2.75) is 13.3 Å². The summed E-state index contributed by atoms with van der Waals surface area (Å²) in [6.07, 6.45) is 0.223. The second-order valence-electron chi connectivity index (χ2n) is 3.30. The lowest BCUT2D eigenvalue weighted by Gasteiger charge is -2.06. The van der Waals surface area contributed by atoms with E-state index in [1.54, 1.807) is 25.1 Å². The summed E-state index contributed by atoms with van der Waals surface area (Å²) in [6.45, 7) is 2.15. The van der Waals surface area contributed by atoms with E-state index < -0.39 is 0 Å². The van der Waals surface area contributed by atoms with Crippen LogP contribution in [0.5, 0.6) is 0 Å².